The van der Waals surface area contributed by atoms with Crippen molar-refractivity contribution in [2.24, 2.45) is 5.92 Å². The van der Waals surface area contributed by atoms with Gasteiger partial charge in [-0.3, -0.25) is 9.59 Å². The number of aromatic nitrogens is 1. The van der Waals surface area contributed by atoms with E-state index in [-0.39, 0.29) is 24.1 Å². The van der Waals surface area contributed by atoms with Crippen LogP contribution in [-0.2, 0) is 6.54 Å². The SMILES string of the molecule is CSc1cc(C)[nH]c(=O)c1CNC(=O)c1cc(Cl)c2c(c1C)O[C@@H](C1CCC(N3CCC3)CC1)CO2. The second-order valence-corrected chi connectivity index (χ2v) is 11.4. The van der Waals surface area contributed by atoms with Gasteiger partial charge in [0, 0.05) is 39.9 Å². The van der Waals surface area contributed by atoms with E-state index in [1.54, 1.807) is 6.07 Å². The van der Waals surface area contributed by atoms with Crippen LogP contribution in [0.5, 0.6) is 11.5 Å². The predicted octanol–water partition coefficient (Wildman–Crippen LogP) is 4.70. The topological polar surface area (TPSA) is 83.7 Å². The number of rotatable bonds is 6. The largest absolute Gasteiger partial charge is 0.484 e. The van der Waals surface area contributed by atoms with Crippen LogP contribution >= 0.6 is 23.4 Å². The van der Waals surface area contributed by atoms with Crippen molar-refractivity contribution < 1.29 is 14.3 Å². The number of likely N-dealkylation sites (tertiary alicyclic amines) is 1. The van der Waals surface area contributed by atoms with Gasteiger partial charge in [-0.05, 0) is 83.3 Å². The molecule has 1 atom stereocenters. The number of fused-ring (bicyclic) bond motifs is 1. The highest BCUT2D eigenvalue weighted by Crippen LogP contribution is 2.45. The van der Waals surface area contributed by atoms with Crippen LogP contribution < -0.4 is 20.3 Å². The van der Waals surface area contributed by atoms with Crippen molar-refractivity contribution >= 4 is 29.3 Å². The summed E-state index contributed by atoms with van der Waals surface area (Å²) in [7, 11) is 0. The molecule has 0 unspecified atom stereocenters. The minimum atomic E-state index is -0.301. The molecule has 2 aliphatic heterocycles. The van der Waals surface area contributed by atoms with Crippen LogP contribution in [0.2, 0.25) is 5.02 Å². The molecule has 9 heteroatoms. The lowest BCUT2D eigenvalue weighted by atomic mass is 9.81. The summed E-state index contributed by atoms with van der Waals surface area (Å²) in [4.78, 5) is 31.9. The molecule has 0 radical (unpaired) electrons. The molecule has 1 saturated heterocycles. The van der Waals surface area contributed by atoms with Gasteiger partial charge in [0.15, 0.2) is 11.5 Å². The average Bonchev–Trinajstić information content (AvgIpc) is 2.84. The summed E-state index contributed by atoms with van der Waals surface area (Å²) < 4.78 is 12.6. The molecule has 1 aromatic heterocycles. The number of H-pyrrole nitrogens is 1. The van der Waals surface area contributed by atoms with E-state index in [1.165, 1.54) is 44.1 Å². The molecular formula is C27H34ClN3O4S. The number of halogens is 1. The second kappa shape index (κ2) is 10.7. The Kier molecular flexibility index (Phi) is 7.56. The zero-order chi connectivity index (χ0) is 25.4. The van der Waals surface area contributed by atoms with Crippen molar-refractivity contribution in [3.8, 4) is 11.5 Å². The quantitative estimate of drug-likeness (QED) is 0.526. The highest BCUT2D eigenvalue weighted by atomic mass is 35.5. The molecule has 0 bridgehead atoms. The van der Waals surface area contributed by atoms with Gasteiger partial charge in [0.1, 0.15) is 12.7 Å². The van der Waals surface area contributed by atoms with Crippen LogP contribution in [0.1, 0.15) is 59.3 Å². The predicted molar refractivity (Wildman–Crippen MR) is 143 cm³/mol. The van der Waals surface area contributed by atoms with Crippen LogP contribution in [0.4, 0.5) is 0 Å². The van der Waals surface area contributed by atoms with Gasteiger partial charge >= 0.3 is 0 Å². The van der Waals surface area contributed by atoms with Crippen molar-refractivity contribution in [2.45, 2.75) is 69.5 Å². The molecule has 2 aromatic rings. The Morgan fingerprint density at radius 2 is 1.94 bits per heavy atom. The van der Waals surface area contributed by atoms with Gasteiger partial charge in [-0.1, -0.05) is 11.6 Å². The lowest BCUT2D eigenvalue weighted by Gasteiger charge is -2.43. The fraction of sp³-hybridized carbons (Fsp3) is 0.556. The Morgan fingerprint density at radius 1 is 1.19 bits per heavy atom. The van der Waals surface area contributed by atoms with Gasteiger partial charge in [-0.15, -0.1) is 11.8 Å². The number of benzene rings is 1. The van der Waals surface area contributed by atoms with Crippen molar-refractivity contribution in [3.05, 3.63) is 49.9 Å². The van der Waals surface area contributed by atoms with E-state index in [9.17, 15) is 9.59 Å². The molecular weight excluding hydrogens is 498 g/mol. The number of aromatic amines is 1. The second-order valence-electron chi connectivity index (χ2n) is 10.1. The minimum absolute atomic E-state index is 0.0434. The van der Waals surface area contributed by atoms with E-state index in [1.807, 2.05) is 26.2 Å². The first-order valence-corrected chi connectivity index (χ1v) is 14.4. The van der Waals surface area contributed by atoms with Gasteiger partial charge in [0.25, 0.3) is 11.5 Å². The molecule has 36 heavy (non-hydrogen) atoms. The van der Waals surface area contributed by atoms with Crippen molar-refractivity contribution in [3.63, 3.8) is 0 Å². The Labute approximate surface area is 221 Å². The maximum absolute atomic E-state index is 13.2. The lowest BCUT2D eigenvalue weighted by Crippen LogP contribution is -2.48. The third-order valence-electron chi connectivity index (χ3n) is 7.89. The van der Waals surface area contributed by atoms with Crippen LogP contribution in [0.15, 0.2) is 21.8 Å². The molecule has 1 saturated carbocycles. The third-order valence-corrected chi connectivity index (χ3v) is 8.98. The first-order valence-electron chi connectivity index (χ1n) is 12.8. The molecule has 1 aromatic carbocycles. The Bertz CT molecular complexity index is 1200. The average molecular weight is 532 g/mol. The number of nitrogens with zero attached hydrogens (tertiary/aromatic N) is 1. The van der Waals surface area contributed by atoms with Crippen molar-refractivity contribution in [2.75, 3.05) is 26.0 Å². The first kappa shape index (κ1) is 25.5. The number of hydrogen-bond acceptors (Lipinski definition) is 6. The highest BCUT2D eigenvalue weighted by molar-refractivity contribution is 7.98. The Balaban J connectivity index is 1.29. The highest BCUT2D eigenvalue weighted by Gasteiger charge is 2.36. The summed E-state index contributed by atoms with van der Waals surface area (Å²) in [5.41, 5.74) is 2.27. The number of carbonyl (C=O) groups is 1. The monoisotopic (exact) mass is 531 g/mol. The van der Waals surface area contributed by atoms with E-state index >= 15 is 0 Å². The molecule has 1 aliphatic carbocycles. The van der Waals surface area contributed by atoms with E-state index in [0.717, 1.165) is 23.4 Å². The number of amides is 1. The van der Waals surface area contributed by atoms with Crippen LogP contribution in [0, 0.1) is 19.8 Å². The van der Waals surface area contributed by atoms with Gasteiger partial charge < -0.3 is 24.7 Å². The summed E-state index contributed by atoms with van der Waals surface area (Å²) in [5, 5.41) is 3.25. The number of aryl methyl sites for hydroxylation is 1. The van der Waals surface area contributed by atoms with Crippen molar-refractivity contribution in [1.82, 2.24) is 15.2 Å². The van der Waals surface area contributed by atoms with Crippen molar-refractivity contribution in [1.29, 1.82) is 0 Å². The summed E-state index contributed by atoms with van der Waals surface area (Å²) >= 11 is 8.02. The molecule has 5 rings (SSSR count). The summed E-state index contributed by atoms with van der Waals surface area (Å²) in [6.07, 6.45) is 7.86. The van der Waals surface area contributed by atoms with Crippen LogP contribution in [0.25, 0.3) is 0 Å². The number of hydrogen-bond donors (Lipinski definition) is 2. The number of carbonyl (C=O) groups excluding carboxylic acids is 1. The minimum Gasteiger partial charge on any atom is -0.484 e. The van der Waals surface area contributed by atoms with E-state index < -0.39 is 0 Å². The van der Waals surface area contributed by atoms with Gasteiger partial charge in [0.05, 0.1) is 5.02 Å². The Hall–Kier alpha value is -2.16. The molecule has 0 spiro atoms. The number of thioether (sulfide) groups is 1. The zero-order valence-electron chi connectivity index (χ0n) is 21.1. The first-order chi connectivity index (χ1) is 17.4. The summed E-state index contributed by atoms with van der Waals surface area (Å²) in [5.74, 6) is 1.21. The molecule has 7 nitrogen and oxygen atoms in total. The summed E-state index contributed by atoms with van der Waals surface area (Å²) in [6.45, 7) is 6.79. The molecule has 2 fully saturated rings. The van der Waals surface area contributed by atoms with Crippen LogP contribution in [0.3, 0.4) is 0 Å². The molecule has 3 heterocycles. The number of pyridine rings is 1. The molecule has 194 valence electrons. The fourth-order valence-electron chi connectivity index (χ4n) is 5.64. The molecule has 1 amide bonds. The zero-order valence-corrected chi connectivity index (χ0v) is 22.7. The lowest BCUT2D eigenvalue weighted by molar-refractivity contribution is 0.0105. The standard InChI is InChI=1S/C27H34ClN3O4S/c1-15-11-23(36-3)20(27(33)30-15)13-29-26(32)19-12-21(28)25-24(16(19)2)35-22(14-34-25)17-5-7-18(8-6-17)31-9-4-10-31/h11-12,17-18,22H,4-10,13-14H2,1-3H3,(H,29,32)(H,30,33)/t17?,18?,22-/m1/s1. The van der Waals surface area contributed by atoms with E-state index in [2.05, 4.69) is 15.2 Å². The van der Waals surface area contributed by atoms with Crippen LogP contribution in [-0.4, -0.2) is 53.9 Å². The van der Waals surface area contributed by atoms with Gasteiger partial charge in [0.2, 0.25) is 0 Å². The molecule has 2 N–H and O–H groups in total. The maximum atomic E-state index is 13.2. The molecule has 3 aliphatic rings. The summed E-state index contributed by atoms with van der Waals surface area (Å²) in [6, 6.07) is 4.25. The maximum Gasteiger partial charge on any atom is 0.254 e. The van der Waals surface area contributed by atoms with E-state index in [4.69, 9.17) is 21.1 Å². The van der Waals surface area contributed by atoms with Gasteiger partial charge in [-0.2, -0.15) is 0 Å². The number of nitrogens with one attached hydrogen (secondary N) is 2. The smallest absolute Gasteiger partial charge is 0.254 e. The normalized spacial score (nSPS) is 23.7. The number of ether oxygens (including phenoxy) is 2. The fourth-order valence-corrected chi connectivity index (χ4v) is 6.60. The Morgan fingerprint density at radius 3 is 2.61 bits per heavy atom. The van der Waals surface area contributed by atoms with Gasteiger partial charge in [-0.25, -0.2) is 0 Å². The third kappa shape index (κ3) is 5.00. The van der Waals surface area contributed by atoms with E-state index in [0.29, 0.717) is 51.8 Å².